The van der Waals surface area contributed by atoms with Crippen LogP contribution in [0.1, 0.15) is 8.56 Å². The van der Waals surface area contributed by atoms with Crippen molar-refractivity contribution in [1.82, 2.24) is 0 Å². The van der Waals surface area contributed by atoms with Gasteiger partial charge in [-0.05, 0) is 0 Å². The maximum atomic E-state index is 9.04. The molecule has 1 N–H and O–H groups in total. The maximum Gasteiger partial charge on any atom is 3.00 e. The summed E-state index contributed by atoms with van der Waals surface area (Å²) >= 11 is 0. The molecule has 0 saturated carbocycles. The number of hydrogen-bond donors (Lipinski definition) is 1. The minimum atomic E-state index is -2.19. The molecule has 0 aliphatic carbocycles. The molecule has 2 radical (unpaired) electrons. The molecule has 0 saturated heterocycles. The molecular formula is C4H13BiO8. The third-order valence-corrected chi connectivity index (χ3v) is 0.341. The van der Waals surface area contributed by atoms with E-state index in [1.807, 2.05) is 0 Å². The Kier molecular flexibility index (Phi) is 12.1. The van der Waals surface area contributed by atoms with E-state index in [9.17, 15) is 0 Å². The smallest absolute Gasteiger partial charge is 0.543 e. The van der Waals surface area contributed by atoms with Crippen molar-refractivity contribution < 1.29 is 48.2 Å². The normalized spacial score (nSPS) is 6.77. The third kappa shape index (κ3) is 18.1. The quantitative estimate of drug-likeness (QED) is 0.315. The van der Waals surface area contributed by atoms with Crippen LogP contribution >= 0.6 is 0 Å². The number of carbonyl (C=O) groups excluding carboxylic acids is 3. The largest absolute Gasteiger partial charge is 3.00 e. The Morgan fingerprint density at radius 1 is 0.846 bits per heavy atom. The molecular weight excluding hydrogens is 385 g/mol. The van der Waals surface area contributed by atoms with Gasteiger partial charge in [0.15, 0.2) is 5.97 Å². The zero-order chi connectivity index (χ0) is 10.3. The molecule has 0 bridgehead atoms. The third-order valence-electron chi connectivity index (χ3n) is 0.341. The number of aliphatic carboxylic acids is 4. The Balaban J connectivity index is -0.0000000110. The summed E-state index contributed by atoms with van der Waals surface area (Å²) in [5.74, 6) is -8.38. The van der Waals surface area contributed by atoms with Crippen LogP contribution in [0.3, 0.4) is 0 Å². The minimum absolute atomic E-state index is 0. The summed E-state index contributed by atoms with van der Waals surface area (Å²) in [7, 11) is 0. The van der Waals surface area contributed by atoms with E-state index < -0.39 is 23.9 Å². The Bertz CT molecular complexity index is 189. The Morgan fingerprint density at radius 2 is 1.00 bits per heavy atom. The molecule has 0 spiro atoms. The fraction of sp³-hybridized carbons (Fsp3) is 0. The molecule has 0 aromatic heterocycles. The molecule has 0 aliphatic rings. The number of carbonyl (C=O) groups is 4. The molecule has 13 heavy (non-hydrogen) atoms. The molecule has 0 amide bonds. The van der Waals surface area contributed by atoms with Crippen LogP contribution in [-0.2, 0) is 19.2 Å². The molecule has 0 aromatic rings. The monoisotopic (exact) mass is 398 g/mol. The first-order chi connectivity index (χ1) is 5.29. The van der Waals surface area contributed by atoms with Crippen molar-refractivity contribution in [3.63, 3.8) is 0 Å². The first-order valence-electron chi connectivity index (χ1n) is 2.15. The first kappa shape index (κ1) is 17.7. The molecule has 0 unspecified atom stereocenters. The molecule has 8 nitrogen and oxygen atoms in total. The molecule has 0 aliphatic heterocycles. The molecule has 9 heteroatoms. The van der Waals surface area contributed by atoms with Crippen molar-refractivity contribution in [2.75, 3.05) is 0 Å². The summed E-state index contributed by atoms with van der Waals surface area (Å²) in [5, 5.41) is 34.2. The van der Waals surface area contributed by atoms with E-state index in [0.717, 1.165) is 0 Å². The van der Waals surface area contributed by atoms with E-state index in [0.29, 0.717) is 0 Å². The van der Waals surface area contributed by atoms with Crippen LogP contribution in [0.5, 0.6) is 0 Å². The van der Waals surface area contributed by atoms with Crippen LogP contribution in [0.25, 0.3) is 0 Å². The van der Waals surface area contributed by atoms with Gasteiger partial charge in [0.2, 0.25) is 0 Å². The molecule has 0 heterocycles. The van der Waals surface area contributed by atoms with Crippen molar-refractivity contribution >= 4 is 50.1 Å². The van der Waals surface area contributed by atoms with Crippen molar-refractivity contribution in [1.29, 1.82) is 0 Å². The van der Waals surface area contributed by atoms with E-state index in [4.69, 9.17) is 39.6 Å². The minimum Gasteiger partial charge on any atom is -0.543 e. The molecule has 0 aromatic carbocycles. The van der Waals surface area contributed by atoms with Gasteiger partial charge in [-0.1, -0.05) is 0 Å². The van der Waals surface area contributed by atoms with Crippen molar-refractivity contribution in [2.45, 2.75) is 0 Å². The van der Waals surface area contributed by atoms with Crippen molar-refractivity contribution in [2.24, 2.45) is 0 Å². The fourth-order valence-electron chi connectivity index (χ4n) is 0. The van der Waals surface area contributed by atoms with E-state index >= 15 is 0 Å². The van der Waals surface area contributed by atoms with Crippen LogP contribution < -0.4 is 15.3 Å². The second-order valence-corrected chi connectivity index (χ2v) is 1.17. The van der Waals surface area contributed by atoms with Gasteiger partial charge in [-0.25, -0.2) is 4.79 Å². The molecule has 0 fully saturated rings. The van der Waals surface area contributed by atoms with Gasteiger partial charge in [-0.3, -0.25) is 0 Å². The summed E-state index contributed by atoms with van der Waals surface area (Å²) in [4.78, 5) is 35.9. The maximum absolute atomic E-state index is 9.04. The van der Waals surface area contributed by atoms with Crippen LogP contribution in [-0.4, -0.2) is 55.2 Å². The Hall–Kier alpha value is -1.24. The number of carboxylic acids is 4. The Labute approximate surface area is 98.8 Å². The zero-order valence-corrected chi connectivity index (χ0v) is 9.23. The Morgan fingerprint density at radius 3 is 1.00 bits per heavy atom. The average molecular weight is 398 g/mol. The fourth-order valence-corrected chi connectivity index (χ4v) is 0. The second-order valence-electron chi connectivity index (χ2n) is 1.17. The van der Waals surface area contributed by atoms with Gasteiger partial charge in [0.05, 0.1) is 11.9 Å². The van der Waals surface area contributed by atoms with Gasteiger partial charge in [0, 0.05) is 8.56 Å². The van der Waals surface area contributed by atoms with Crippen LogP contribution in [0.4, 0.5) is 0 Å². The van der Waals surface area contributed by atoms with E-state index in [1.54, 1.807) is 0 Å². The molecule has 82 valence electrons. The summed E-state index contributed by atoms with van der Waals surface area (Å²) in [5.41, 5.74) is 0. The average Bonchev–Trinajstić information content (AvgIpc) is 1.88. The topological polar surface area (TPSA) is 158 Å². The van der Waals surface area contributed by atoms with Gasteiger partial charge in [0.25, 0.3) is 0 Å². The summed E-state index contributed by atoms with van der Waals surface area (Å²) in [6.07, 6.45) is 0. The van der Waals surface area contributed by atoms with Crippen molar-refractivity contribution in [3.05, 3.63) is 0 Å². The van der Waals surface area contributed by atoms with Crippen molar-refractivity contribution in [3.8, 4) is 0 Å². The predicted molar refractivity (Wildman–Crippen MR) is 41.1 cm³/mol. The second kappa shape index (κ2) is 8.86. The predicted octanol–water partition coefficient (Wildman–Crippen LogP) is -4.60. The van der Waals surface area contributed by atoms with Crippen LogP contribution in [0, 0.1) is 0 Å². The molecule has 0 rings (SSSR count). The molecule has 0 atom stereocenters. The first-order valence-corrected chi connectivity index (χ1v) is 2.15. The van der Waals surface area contributed by atoms with Gasteiger partial charge in [-0.2, -0.15) is 0 Å². The standard InChI is InChI=1S/2C2H2O4.Bi.6H2/c2*3-1(4)2(5)6;;;;;;;/h2*(H,3,4)(H,5,6);;6*1H/q;;+3;;;;;;/p-3. The number of rotatable bonds is 0. The van der Waals surface area contributed by atoms with Gasteiger partial charge < -0.3 is 34.8 Å². The summed E-state index contributed by atoms with van der Waals surface area (Å²) in [6.45, 7) is 0. The van der Waals surface area contributed by atoms with Crippen LogP contribution in [0.15, 0.2) is 0 Å². The van der Waals surface area contributed by atoms with E-state index in [2.05, 4.69) is 0 Å². The van der Waals surface area contributed by atoms with Gasteiger partial charge in [0.1, 0.15) is 0 Å². The SMILES string of the molecule is O=C([O-])C(=O)O.O=C([O-])C(=O)[O-].[Bi+3].[HH].[HH].[HH].[HH].[HH].[HH]. The zero-order valence-electron chi connectivity index (χ0n) is 5.75. The number of hydrogen-bond acceptors (Lipinski definition) is 7. The van der Waals surface area contributed by atoms with E-state index in [-0.39, 0.29) is 34.8 Å². The number of carboxylic acid groups (broad SMARTS) is 4. The van der Waals surface area contributed by atoms with Gasteiger partial charge >= 0.3 is 32.2 Å². The summed E-state index contributed by atoms with van der Waals surface area (Å²) in [6, 6.07) is 0. The van der Waals surface area contributed by atoms with E-state index in [1.165, 1.54) is 0 Å². The summed E-state index contributed by atoms with van der Waals surface area (Å²) < 4.78 is 0. The van der Waals surface area contributed by atoms with Gasteiger partial charge in [-0.15, -0.1) is 0 Å². The van der Waals surface area contributed by atoms with Crippen LogP contribution in [0.2, 0.25) is 0 Å².